The molecule has 12 rings (SSSR count). The molecular formula is C92H114N8O20. The molecule has 28 nitrogen and oxygen atoms in total. The molecule has 642 valence electrons. The molecule has 6 aliphatic rings. The highest BCUT2D eigenvalue weighted by Gasteiger charge is 2.41. The molecule has 9 N–H and O–H groups in total. The molecule has 0 radical (unpaired) electrons. The molecule has 28 heteroatoms. The molecule has 2 aliphatic carbocycles. The number of benzene rings is 6. The van der Waals surface area contributed by atoms with Gasteiger partial charge in [0.25, 0.3) is 23.6 Å². The van der Waals surface area contributed by atoms with Crippen LogP contribution in [0.2, 0.25) is 0 Å². The Bertz CT molecular complexity index is 4500. The Morgan fingerprint density at radius 3 is 1.27 bits per heavy atom. The van der Waals surface area contributed by atoms with Crippen molar-refractivity contribution in [3.63, 3.8) is 0 Å². The summed E-state index contributed by atoms with van der Waals surface area (Å²) >= 11 is 0. The average Bonchev–Trinajstić information content (AvgIpc) is 1.89. The van der Waals surface area contributed by atoms with Crippen LogP contribution < -0.4 is 52.0 Å². The van der Waals surface area contributed by atoms with Gasteiger partial charge in [-0.2, -0.15) is 0 Å². The molecule has 9 unspecified atom stereocenters. The van der Waals surface area contributed by atoms with E-state index in [0.29, 0.717) is 96.6 Å². The lowest BCUT2D eigenvalue weighted by Crippen LogP contribution is -2.55. The number of fused-ring (bicyclic) bond motifs is 20. The third-order valence-electron chi connectivity index (χ3n) is 20.7. The van der Waals surface area contributed by atoms with E-state index in [1.54, 1.807) is 158 Å². The number of esters is 4. The summed E-state index contributed by atoms with van der Waals surface area (Å²) < 4.78 is 35.2. The van der Waals surface area contributed by atoms with Crippen LogP contribution in [0.4, 0.5) is 0 Å². The molecule has 120 heavy (non-hydrogen) atoms. The molecule has 8 amide bonds. The van der Waals surface area contributed by atoms with Crippen LogP contribution in [0.15, 0.2) is 158 Å². The van der Waals surface area contributed by atoms with Gasteiger partial charge < -0.3 is 76.1 Å². The number of nitrogens with one attached hydrogen (secondary N) is 8. The van der Waals surface area contributed by atoms with E-state index in [9.17, 15) is 67.4 Å². The molecule has 2 saturated carbocycles. The lowest BCUT2D eigenvalue weighted by atomic mass is 9.83. The predicted molar refractivity (Wildman–Crippen MR) is 444 cm³/mol. The highest BCUT2D eigenvalue weighted by atomic mass is 16.6. The van der Waals surface area contributed by atoms with E-state index in [0.717, 1.165) is 49.7 Å². The van der Waals surface area contributed by atoms with Gasteiger partial charge in [-0.15, -0.1) is 0 Å². The number of Topliss-reactive ketones (excluding diaryl/α,β-unsaturated/α-hetero) is 1. The SMILES string of the molecule is CCCC(NC(=O)C1Cc2cccc(c2)Oc2ccc(cc2)CCC(=O)NC(C2CCCCC2)C(=O)O1)C(=O)C(=O)NCC(=O)NC(C(=O)OC(C)(C)C)c1ccccc1.CCCC(NC(=O)C1Cc2cccc(c2)Oc2ccc(cc2)CCC(=O)NC(C2CCCCC2)C(=O)O1)C(O)C(=O)NCC(=O)NC(C(=O)OC(C)(C)C)c1ccccc1. The number of carbonyl (C=O) groups is 13. The molecule has 0 spiro atoms. The van der Waals surface area contributed by atoms with E-state index in [-0.39, 0.29) is 62.2 Å². The minimum Gasteiger partial charge on any atom is -0.458 e. The summed E-state index contributed by atoms with van der Waals surface area (Å²) in [7, 11) is 0. The molecule has 0 aromatic heterocycles. The number of hydrogen-bond donors (Lipinski definition) is 9. The number of aryl methyl sites for hydroxylation is 2. The molecule has 9 atom stereocenters. The highest BCUT2D eigenvalue weighted by Crippen LogP contribution is 2.33. The van der Waals surface area contributed by atoms with Crippen molar-refractivity contribution in [2.75, 3.05) is 13.1 Å². The van der Waals surface area contributed by atoms with E-state index in [2.05, 4.69) is 42.5 Å². The van der Waals surface area contributed by atoms with Crippen LogP contribution in [0.3, 0.4) is 0 Å². The largest absolute Gasteiger partial charge is 0.458 e. The molecule has 4 heterocycles. The fourth-order valence-corrected chi connectivity index (χ4v) is 14.7. The number of aliphatic hydroxyl groups is 1. The first-order valence-electron chi connectivity index (χ1n) is 41.6. The predicted octanol–water partition coefficient (Wildman–Crippen LogP) is 10.0. The van der Waals surface area contributed by atoms with Crippen molar-refractivity contribution in [1.82, 2.24) is 42.5 Å². The first-order chi connectivity index (χ1) is 57.4. The van der Waals surface area contributed by atoms with Crippen molar-refractivity contribution in [2.24, 2.45) is 11.8 Å². The van der Waals surface area contributed by atoms with Gasteiger partial charge in [0.1, 0.15) is 46.3 Å². The van der Waals surface area contributed by atoms with Gasteiger partial charge in [0.05, 0.1) is 25.2 Å². The fraction of sp³-hybridized carbons (Fsp3) is 0.467. The molecule has 6 aromatic carbocycles. The van der Waals surface area contributed by atoms with Gasteiger partial charge in [-0.25, -0.2) is 19.2 Å². The third kappa shape index (κ3) is 29.3. The van der Waals surface area contributed by atoms with Crippen molar-refractivity contribution in [1.29, 1.82) is 0 Å². The van der Waals surface area contributed by atoms with E-state index < -0.39 is 144 Å². The minimum absolute atomic E-state index is 0.0579. The monoisotopic (exact) mass is 1650 g/mol. The Labute approximate surface area is 700 Å². The second-order valence-corrected chi connectivity index (χ2v) is 32.8. The quantitative estimate of drug-likeness (QED) is 0.0154. The van der Waals surface area contributed by atoms with Gasteiger partial charge in [-0.3, -0.25) is 43.2 Å². The number of ketones is 1. The summed E-state index contributed by atoms with van der Waals surface area (Å²) in [6.07, 6.45) is 5.72. The number of amides is 8. The van der Waals surface area contributed by atoms with Crippen LogP contribution in [-0.2, 0) is 107 Å². The average molecular weight is 1650 g/mol. The number of hydrogen-bond acceptors (Lipinski definition) is 20. The number of rotatable bonds is 24. The van der Waals surface area contributed by atoms with Crippen LogP contribution in [0.25, 0.3) is 0 Å². The minimum atomic E-state index is -1.81. The Hall–Kier alpha value is -11.8. The second-order valence-electron chi connectivity index (χ2n) is 32.8. The Balaban J connectivity index is 0.000000273. The Morgan fingerprint density at radius 2 is 0.867 bits per heavy atom. The Morgan fingerprint density at radius 1 is 0.458 bits per heavy atom. The molecule has 4 aliphatic heterocycles. The van der Waals surface area contributed by atoms with Crippen LogP contribution in [0.5, 0.6) is 23.0 Å². The summed E-state index contributed by atoms with van der Waals surface area (Å²) in [5.74, 6) is -7.97. The van der Waals surface area contributed by atoms with E-state index in [4.69, 9.17) is 28.4 Å². The number of aliphatic hydroxyl groups excluding tert-OH is 1. The highest BCUT2D eigenvalue weighted by molar-refractivity contribution is 6.38. The van der Waals surface area contributed by atoms with Crippen molar-refractivity contribution in [2.45, 2.75) is 250 Å². The summed E-state index contributed by atoms with van der Waals surface area (Å²) in [5, 5.41) is 32.3. The zero-order valence-electron chi connectivity index (χ0n) is 69.6. The smallest absolute Gasteiger partial charge is 0.333 e. The lowest BCUT2D eigenvalue weighted by Gasteiger charge is -2.31. The lowest BCUT2D eigenvalue weighted by molar-refractivity contribution is -0.161. The first kappa shape index (κ1) is 92.1. The first-order valence-corrected chi connectivity index (χ1v) is 41.6. The molecular weight excluding hydrogens is 1540 g/mol. The molecule has 2 fully saturated rings. The van der Waals surface area contributed by atoms with E-state index >= 15 is 0 Å². The number of carbonyl (C=O) groups excluding carboxylic acids is 13. The topological polar surface area (TPSA) is 394 Å². The van der Waals surface area contributed by atoms with Crippen molar-refractivity contribution in [3.05, 3.63) is 191 Å². The van der Waals surface area contributed by atoms with Crippen LogP contribution in [0.1, 0.15) is 204 Å². The van der Waals surface area contributed by atoms with Crippen molar-refractivity contribution in [3.8, 4) is 23.0 Å². The summed E-state index contributed by atoms with van der Waals surface area (Å²) in [6.45, 7) is 12.5. The summed E-state index contributed by atoms with van der Waals surface area (Å²) in [5.41, 5.74) is 2.32. The summed E-state index contributed by atoms with van der Waals surface area (Å²) in [6, 6.07) is 39.0. The second kappa shape index (κ2) is 44.8. The van der Waals surface area contributed by atoms with E-state index in [1.807, 2.05) is 55.5 Å². The normalized spacial score (nSPS) is 18.9. The van der Waals surface area contributed by atoms with Crippen molar-refractivity contribution < 1.29 is 95.9 Å². The standard InChI is InChI=1S/C46H58N4O10.C46H56N4O10/c2*1-5-13-35(41(53)43(55)47-28-38(52)50-40(32-17-10-7-11-18-32)45(57)60-46(2,3)4)48-42(54)36-27-30-14-12-19-34(26-30)58-33-23-20-29(21-24-33)22-25-37(51)49-39(44(56)59-36)31-15-8-6-9-16-31/h7,10-12,14,17-21,23-24,26,31,35-36,39-41,53H,5-6,8-9,13,15-16,22,25,27-28H2,1-4H3,(H,47,55)(H,48,54)(H,49,51)(H,50,52);7,10-12,14,17-21,23-24,26,31,35-36,39-40H,5-6,8-9,13,15-16,22,25,27-28H2,1-4H3,(H,47,55)(H,48,54)(H,49,51)(H,50,52). The van der Waals surface area contributed by atoms with Crippen molar-refractivity contribution >= 4 is 76.9 Å². The zero-order chi connectivity index (χ0) is 86.5. The van der Waals surface area contributed by atoms with Gasteiger partial charge in [0, 0.05) is 25.7 Å². The fourth-order valence-electron chi connectivity index (χ4n) is 14.7. The maximum Gasteiger partial charge on any atom is 0.333 e. The number of ether oxygens (including phenoxy) is 6. The third-order valence-corrected chi connectivity index (χ3v) is 20.7. The zero-order valence-corrected chi connectivity index (χ0v) is 69.6. The van der Waals surface area contributed by atoms with Gasteiger partial charge >= 0.3 is 23.9 Å². The molecule has 8 bridgehead atoms. The molecule has 6 aromatic rings. The van der Waals surface area contributed by atoms with Crippen LogP contribution in [0, 0.1) is 11.8 Å². The van der Waals surface area contributed by atoms with Gasteiger partial charge in [-0.05, 0) is 187 Å². The maximum absolute atomic E-state index is 14.2. The van der Waals surface area contributed by atoms with Crippen LogP contribution >= 0.6 is 0 Å². The van der Waals surface area contributed by atoms with Crippen LogP contribution in [-0.4, -0.2) is 149 Å². The molecule has 0 saturated heterocycles. The van der Waals surface area contributed by atoms with E-state index in [1.165, 1.54) is 0 Å². The summed E-state index contributed by atoms with van der Waals surface area (Å²) in [4.78, 5) is 175. The maximum atomic E-state index is 14.2. The van der Waals surface area contributed by atoms with Gasteiger partial charge in [0.15, 0.2) is 30.4 Å². The van der Waals surface area contributed by atoms with Gasteiger partial charge in [-0.1, -0.05) is 174 Å². The Kier molecular flexibility index (Phi) is 34.4. The van der Waals surface area contributed by atoms with Gasteiger partial charge in [0.2, 0.25) is 29.4 Å².